The molecule has 1 saturated carbocycles. The van der Waals surface area contributed by atoms with Crippen molar-refractivity contribution in [3.05, 3.63) is 35.9 Å². The van der Waals surface area contributed by atoms with Crippen LogP contribution < -0.4 is 15.0 Å². The number of aryl methyl sites for hydroxylation is 1. The van der Waals surface area contributed by atoms with Crippen LogP contribution in [-0.4, -0.2) is 53.2 Å². The molecule has 1 N–H and O–H groups in total. The Hall–Kier alpha value is -2.74. The first kappa shape index (κ1) is 21.5. The van der Waals surface area contributed by atoms with E-state index < -0.39 is 0 Å². The molecule has 2 aromatic heterocycles. The lowest BCUT2D eigenvalue weighted by Crippen LogP contribution is -2.50. The average molecular weight is 426 g/mol. The Balaban J connectivity index is 1.50. The van der Waals surface area contributed by atoms with Crippen LogP contribution in [-0.2, 0) is 9.53 Å². The molecule has 2 aromatic rings. The second-order valence-electron chi connectivity index (χ2n) is 8.51. The summed E-state index contributed by atoms with van der Waals surface area (Å²) in [7, 11) is 1.74. The predicted octanol–water partition coefficient (Wildman–Crippen LogP) is 3.04. The Bertz CT molecular complexity index is 937. The molecule has 2 fully saturated rings. The third kappa shape index (κ3) is 4.49. The van der Waals surface area contributed by atoms with E-state index in [0.717, 1.165) is 43.0 Å². The fourth-order valence-corrected chi connectivity index (χ4v) is 4.84. The normalized spacial score (nSPS) is 25.2. The van der Waals surface area contributed by atoms with Gasteiger partial charge in [-0.2, -0.15) is 0 Å². The van der Waals surface area contributed by atoms with Gasteiger partial charge in [-0.25, -0.2) is 9.97 Å². The van der Waals surface area contributed by atoms with Crippen LogP contribution in [0.1, 0.15) is 37.4 Å². The zero-order chi connectivity index (χ0) is 22.0. The first-order chi connectivity index (χ1) is 15.0. The summed E-state index contributed by atoms with van der Waals surface area (Å²) in [4.78, 5) is 27.5. The molecular formula is C23H31N5O3. The molecule has 1 amide bonds. The van der Waals surface area contributed by atoms with E-state index in [-0.39, 0.29) is 18.1 Å². The van der Waals surface area contributed by atoms with Crippen LogP contribution in [0.15, 0.2) is 24.7 Å². The SMILES string of the molecule is CCC(=O)N[C@H]1C[C@H]2CN(c3ncnc(Oc4cccnc4C)c3C)C[C@H]2C[C@@H]1OC. The summed E-state index contributed by atoms with van der Waals surface area (Å²) in [5.74, 6) is 3.25. The van der Waals surface area contributed by atoms with Crippen LogP contribution in [0.2, 0.25) is 0 Å². The van der Waals surface area contributed by atoms with Crippen LogP contribution >= 0.6 is 0 Å². The number of fused-ring (bicyclic) bond motifs is 1. The fraction of sp³-hybridized carbons (Fsp3) is 0.565. The van der Waals surface area contributed by atoms with Crippen molar-refractivity contribution in [1.82, 2.24) is 20.3 Å². The molecule has 0 aromatic carbocycles. The minimum absolute atomic E-state index is 0.0515. The van der Waals surface area contributed by atoms with Gasteiger partial charge in [0.1, 0.15) is 12.1 Å². The van der Waals surface area contributed by atoms with E-state index in [9.17, 15) is 4.79 Å². The van der Waals surface area contributed by atoms with Gasteiger partial charge in [0.05, 0.1) is 23.4 Å². The second kappa shape index (κ2) is 9.18. The van der Waals surface area contributed by atoms with E-state index in [2.05, 4.69) is 25.2 Å². The maximum atomic E-state index is 12.0. The molecule has 0 unspecified atom stereocenters. The molecule has 2 aliphatic rings. The van der Waals surface area contributed by atoms with Crippen molar-refractivity contribution in [2.24, 2.45) is 11.8 Å². The zero-order valence-electron chi connectivity index (χ0n) is 18.7. The quantitative estimate of drug-likeness (QED) is 0.761. The van der Waals surface area contributed by atoms with Crippen LogP contribution in [0.4, 0.5) is 5.82 Å². The van der Waals surface area contributed by atoms with Gasteiger partial charge in [-0.3, -0.25) is 9.78 Å². The van der Waals surface area contributed by atoms with Gasteiger partial charge in [-0.05, 0) is 50.7 Å². The molecular weight excluding hydrogens is 394 g/mol. The van der Waals surface area contributed by atoms with Crippen molar-refractivity contribution in [2.75, 3.05) is 25.1 Å². The van der Waals surface area contributed by atoms with E-state index in [0.29, 0.717) is 29.9 Å². The maximum absolute atomic E-state index is 12.0. The van der Waals surface area contributed by atoms with E-state index in [1.54, 1.807) is 19.6 Å². The zero-order valence-corrected chi connectivity index (χ0v) is 18.7. The van der Waals surface area contributed by atoms with Crippen molar-refractivity contribution in [3.63, 3.8) is 0 Å². The second-order valence-corrected chi connectivity index (χ2v) is 8.51. The number of carbonyl (C=O) groups excluding carboxylic acids is 1. The number of anilines is 1. The fourth-order valence-electron chi connectivity index (χ4n) is 4.84. The minimum Gasteiger partial charge on any atom is -0.437 e. The Morgan fingerprint density at radius 3 is 2.68 bits per heavy atom. The summed E-state index contributed by atoms with van der Waals surface area (Å²) in [6, 6.07) is 3.81. The van der Waals surface area contributed by atoms with Crippen molar-refractivity contribution < 1.29 is 14.3 Å². The number of amides is 1. The number of aromatic nitrogens is 3. The first-order valence-electron chi connectivity index (χ1n) is 11.0. The summed E-state index contributed by atoms with van der Waals surface area (Å²) in [6.07, 6.45) is 5.72. The number of carbonyl (C=O) groups is 1. The van der Waals surface area contributed by atoms with E-state index >= 15 is 0 Å². The lowest BCUT2D eigenvalue weighted by Gasteiger charge is -2.37. The number of pyridine rings is 1. The van der Waals surface area contributed by atoms with Gasteiger partial charge in [-0.1, -0.05) is 6.92 Å². The largest absolute Gasteiger partial charge is 0.437 e. The predicted molar refractivity (Wildman–Crippen MR) is 117 cm³/mol. The molecule has 0 bridgehead atoms. The number of nitrogens with zero attached hydrogens (tertiary/aromatic N) is 4. The van der Waals surface area contributed by atoms with Crippen molar-refractivity contribution in [3.8, 4) is 11.6 Å². The molecule has 0 radical (unpaired) electrons. The Morgan fingerprint density at radius 2 is 1.97 bits per heavy atom. The van der Waals surface area contributed by atoms with Gasteiger partial charge in [0.25, 0.3) is 0 Å². The van der Waals surface area contributed by atoms with Crippen molar-refractivity contribution in [1.29, 1.82) is 0 Å². The van der Waals surface area contributed by atoms with E-state index in [1.165, 1.54) is 0 Å². The third-order valence-corrected chi connectivity index (χ3v) is 6.56. The summed E-state index contributed by atoms with van der Waals surface area (Å²) < 4.78 is 11.8. The van der Waals surface area contributed by atoms with Crippen LogP contribution in [0.25, 0.3) is 0 Å². The van der Waals surface area contributed by atoms with Crippen molar-refractivity contribution in [2.45, 2.75) is 52.2 Å². The number of methoxy groups -OCH3 is 1. The van der Waals surface area contributed by atoms with Gasteiger partial charge < -0.3 is 19.7 Å². The van der Waals surface area contributed by atoms with Crippen molar-refractivity contribution >= 4 is 11.7 Å². The monoisotopic (exact) mass is 425 g/mol. The Morgan fingerprint density at radius 1 is 1.19 bits per heavy atom. The molecule has 1 saturated heterocycles. The van der Waals surface area contributed by atoms with Gasteiger partial charge in [0.2, 0.25) is 11.8 Å². The summed E-state index contributed by atoms with van der Waals surface area (Å²) in [5, 5.41) is 3.16. The summed E-state index contributed by atoms with van der Waals surface area (Å²) >= 11 is 0. The molecule has 1 aliphatic carbocycles. The first-order valence-corrected chi connectivity index (χ1v) is 11.0. The Labute approximate surface area is 183 Å². The molecule has 4 atom stereocenters. The average Bonchev–Trinajstić information content (AvgIpc) is 3.18. The highest BCUT2D eigenvalue weighted by Gasteiger charge is 2.43. The highest BCUT2D eigenvalue weighted by Crippen LogP contribution is 2.40. The van der Waals surface area contributed by atoms with E-state index in [1.807, 2.05) is 32.9 Å². The van der Waals surface area contributed by atoms with Crippen LogP contribution in [0.5, 0.6) is 11.6 Å². The van der Waals surface area contributed by atoms with Gasteiger partial charge in [0.15, 0.2) is 5.75 Å². The highest BCUT2D eigenvalue weighted by molar-refractivity contribution is 5.75. The molecule has 166 valence electrons. The molecule has 3 heterocycles. The van der Waals surface area contributed by atoms with E-state index in [4.69, 9.17) is 9.47 Å². The maximum Gasteiger partial charge on any atom is 0.227 e. The third-order valence-electron chi connectivity index (χ3n) is 6.56. The molecule has 0 spiro atoms. The van der Waals surface area contributed by atoms with Crippen LogP contribution in [0, 0.1) is 25.7 Å². The summed E-state index contributed by atoms with van der Waals surface area (Å²) in [6.45, 7) is 7.62. The number of rotatable bonds is 6. The molecule has 1 aliphatic heterocycles. The summed E-state index contributed by atoms with van der Waals surface area (Å²) in [5.41, 5.74) is 1.74. The van der Waals surface area contributed by atoms with Crippen LogP contribution in [0.3, 0.4) is 0 Å². The van der Waals surface area contributed by atoms with Gasteiger partial charge in [-0.15, -0.1) is 0 Å². The molecule has 4 rings (SSSR count). The topological polar surface area (TPSA) is 89.5 Å². The Kier molecular flexibility index (Phi) is 6.36. The number of nitrogens with one attached hydrogen (secondary N) is 1. The standard InChI is InChI=1S/C23H31N5O3/c1-5-21(29)27-18-9-16-11-28(12-17(16)10-20(18)30-4)22-14(2)23(26-13-25-22)31-19-7-6-8-24-15(19)3/h6-8,13,16-18,20H,5,9-12H2,1-4H3,(H,27,29)/t16-,17+,18-,20-/m0/s1. The van der Waals surface area contributed by atoms with Gasteiger partial charge in [0, 0.05) is 32.8 Å². The molecule has 8 nitrogen and oxygen atoms in total. The number of hydrogen-bond acceptors (Lipinski definition) is 7. The minimum atomic E-state index is 0.0515. The number of hydrogen-bond donors (Lipinski definition) is 1. The molecule has 8 heteroatoms. The van der Waals surface area contributed by atoms with Gasteiger partial charge >= 0.3 is 0 Å². The lowest BCUT2D eigenvalue weighted by molar-refractivity contribution is -0.123. The number of ether oxygens (including phenoxy) is 2. The smallest absolute Gasteiger partial charge is 0.227 e. The highest BCUT2D eigenvalue weighted by atomic mass is 16.5. The molecule has 31 heavy (non-hydrogen) atoms. The lowest BCUT2D eigenvalue weighted by atomic mass is 9.77.